The number of benzene rings is 1. The fourth-order valence-electron chi connectivity index (χ4n) is 1.75. The number of halogens is 2. The molecule has 6 heteroatoms. The third-order valence-electron chi connectivity index (χ3n) is 2.67. The zero-order valence-electron chi connectivity index (χ0n) is 11.0. The number of hydrogen-bond acceptors (Lipinski definition) is 3. The molecule has 3 N–H and O–H groups in total. The second-order valence-electron chi connectivity index (χ2n) is 4.27. The molecule has 106 valence electrons. The Morgan fingerprint density at radius 1 is 1.42 bits per heavy atom. The lowest BCUT2D eigenvalue weighted by Crippen LogP contribution is -2.38. The van der Waals surface area contributed by atoms with Gasteiger partial charge in [0, 0.05) is 13.2 Å². The fraction of sp³-hybridized carbons (Fsp3) is 0.462. The van der Waals surface area contributed by atoms with Crippen LogP contribution in [0.1, 0.15) is 30.1 Å². The van der Waals surface area contributed by atoms with Gasteiger partial charge in [0.2, 0.25) is 0 Å². The van der Waals surface area contributed by atoms with Crippen molar-refractivity contribution >= 4 is 11.6 Å². The summed E-state index contributed by atoms with van der Waals surface area (Å²) in [6.45, 7) is 2.29. The standard InChI is InChI=1S/C13H18F2N2O2/c1-3-4-8(7-19-2)17-13(18)9-5-12(16)11(15)6-10(9)14/h5-6,8H,3-4,7,16H2,1-2H3,(H,17,18). The SMILES string of the molecule is CCCC(COC)NC(=O)c1cc(N)c(F)cc1F. The van der Waals surface area contributed by atoms with Crippen molar-refractivity contribution in [1.29, 1.82) is 0 Å². The van der Waals surface area contributed by atoms with E-state index in [2.05, 4.69) is 5.32 Å². The highest BCUT2D eigenvalue weighted by atomic mass is 19.1. The first-order chi connectivity index (χ1) is 8.99. The molecule has 0 spiro atoms. The molecule has 0 aromatic heterocycles. The molecule has 1 amide bonds. The average molecular weight is 272 g/mol. The lowest BCUT2D eigenvalue weighted by Gasteiger charge is -2.17. The number of rotatable bonds is 6. The molecule has 0 fully saturated rings. The first-order valence-electron chi connectivity index (χ1n) is 6.03. The van der Waals surface area contributed by atoms with Crippen molar-refractivity contribution in [3.8, 4) is 0 Å². The Morgan fingerprint density at radius 3 is 2.68 bits per heavy atom. The van der Waals surface area contributed by atoms with E-state index in [1.54, 1.807) is 0 Å². The maximum atomic E-state index is 13.5. The van der Waals surface area contributed by atoms with Crippen molar-refractivity contribution in [3.63, 3.8) is 0 Å². The smallest absolute Gasteiger partial charge is 0.254 e. The van der Waals surface area contributed by atoms with E-state index in [1.807, 2.05) is 6.92 Å². The monoisotopic (exact) mass is 272 g/mol. The third kappa shape index (κ3) is 4.17. The lowest BCUT2D eigenvalue weighted by molar-refractivity contribution is 0.0887. The van der Waals surface area contributed by atoms with Crippen LogP contribution in [0.15, 0.2) is 12.1 Å². The summed E-state index contributed by atoms with van der Waals surface area (Å²) >= 11 is 0. The van der Waals surface area contributed by atoms with Crippen LogP contribution in [0.3, 0.4) is 0 Å². The number of nitrogens with one attached hydrogen (secondary N) is 1. The van der Waals surface area contributed by atoms with Crippen LogP contribution in [0.2, 0.25) is 0 Å². The average Bonchev–Trinajstić information content (AvgIpc) is 2.34. The van der Waals surface area contributed by atoms with Crippen molar-refractivity contribution in [2.45, 2.75) is 25.8 Å². The summed E-state index contributed by atoms with van der Waals surface area (Å²) in [5.41, 5.74) is 4.80. The van der Waals surface area contributed by atoms with Gasteiger partial charge in [-0.1, -0.05) is 13.3 Å². The zero-order chi connectivity index (χ0) is 14.4. The molecule has 1 unspecified atom stereocenters. The molecule has 4 nitrogen and oxygen atoms in total. The highest BCUT2D eigenvalue weighted by Gasteiger charge is 2.18. The summed E-state index contributed by atoms with van der Waals surface area (Å²) in [6, 6.07) is 1.39. The maximum Gasteiger partial charge on any atom is 0.254 e. The first-order valence-corrected chi connectivity index (χ1v) is 6.03. The van der Waals surface area contributed by atoms with Gasteiger partial charge in [0.1, 0.15) is 11.6 Å². The van der Waals surface area contributed by atoms with Gasteiger partial charge in [0.25, 0.3) is 5.91 Å². The molecule has 0 aliphatic carbocycles. The molecule has 0 aliphatic heterocycles. The van der Waals surface area contributed by atoms with Crippen LogP contribution >= 0.6 is 0 Å². The maximum absolute atomic E-state index is 13.5. The van der Waals surface area contributed by atoms with E-state index in [-0.39, 0.29) is 17.3 Å². The van der Waals surface area contributed by atoms with Gasteiger partial charge >= 0.3 is 0 Å². The number of ether oxygens (including phenoxy) is 1. The molecule has 1 aromatic rings. The number of hydrogen-bond donors (Lipinski definition) is 2. The number of carbonyl (C=O) groups is 1. The van der Waals surface area contributed by atoms with E-state index < -0.39 is 17.5 Å². The van der Waals surface area contributed by atoms with E-state index in [9.17, 15) is 13.6 Å². The first kappa shape index (κ1) is 15.4. The van der Waals surface area contributed by atoms with Crippen LogP contribution in [-0.2, 0) is 4.74 Å². The Morgan fingerprint density at radius 2 is 2.11 bits per heavy atom. The van der Waals surface area contributed by atoms with Crippen molar-refractivity contribution in [3.05, 3.63) is 29.3 Å². The molecule has 1 rings (SSSR count). The van der Waals surface area contributed by atoms with Gasteiger partial charge in [0.15, 0.2) is 0 Å². The zero-order valence-corrected chi connectivity index (χ0v) is 11.0. The summed E-state index contributed by atoms with van der Waals surface area (Å²) in [7, 11) is 1.52. The predicted octanol–water partition coefficient (Wildman–Crippen LogP) is 2.09. The normalized spacial score (nSPS) is 12.2. The Labute approximate surface area is 110 Å². The van der Waals surface area contributed by atoms with E-state index in [0.717, 1.165) is 12.5 Å². The van der Waals surface area contributed by atoms with Crippen LogP contribution in [0.5, 0.6) is 0 Å². The van der Waals surface area contributed by atoms with E-state index in [0.29, 0.717) is 19.1 Å². The minimum Gasteiger partial charge on any atom is -0.396 e. The number of carbonyl (C=O) groups excluding carboxylic acids is 1. The molecular formula is C13H18F2N2O2. The Hall–Kier alpha value is -1.69. The minimum atomic E-state index is -0.933. The number of amides is 1. The van der Waals surface area contributed by atoms with Crippen LogP contribution < -0.4 is 11.1 Å². The van der Waals surface area contributed by atoms with E-state index in [4.69, 9.17) is 10.5 Å². The topological polar surface area (TPSA) is 64.3 Å². The van der Waals surface area contributed by atoms with Crippen LogP contribution in [0, 0.1) is 11.6 Å². The largest absolute Gasteiger partial charge is 0.396 e. The molecule has 19 heavy (non-hydrogen) atoms. The molecule has 1 aromatic carbocycles. The van der Waals surface area contributed by atoms with Gasteiger partial charge in [-0.25, -0.2) is 8.78 Å². The molecule has 0 saturated carbocycles. The summed E-state index contributed by atoms with van der Waals surface area (Å²) < 4.78 is 31.5. The quantitative estimate of drug-likeness (QED) is 0.779. The molecular weight excluding hydrogens is 254 g/mol. The molecule has 0 saturated heterocycles. The van der Waals surface area contributed by atoms with E-state index >= 15 is 0 Å². The van der Waals surface area contributed by atoms with Gasteiger partial charge in [0.05, 0.1) is 23.9 Å². The molecule has 0 bridgehead atoms. The molecule has 0 aliphatic rings. The van der Waals surface area contributed by atoms with Gasteiger partial charge in [-0.05, 0) is 12.5 Å². The lowest BCUT2D eigenvalue weighted by atomic mass is 10.1. The van der Waals surface area contributed by atoms with Crippen molar-refractivity contribution in [2.24, 2.45) is 0 Å². The van der Waals surface area contributed by atoms with Gasteiger partial charge in [-0.3, -0.25) is 4.79 Å². The Kier molecular flexibility index (Phi) is 5.69. The van der Waals surface area contributed by atoms with Crippen LogP contribution in [0.25, 0.3) is 0 Å². The summed E-state index contributed by atoms with van der Waals surface area (Å²) in [5.74, 6) is -2.44. The van der Waals surface area contributed by atoms with Crippen molar-refractivity contribution < 1.29 is 18.3 Å². The molecule has 1 atom stereocenters. The number of nitrogens with two attached hydrogens (primary N) is 1. The summed E-state index contributed by atoms with van der Waals surface area (Å²) in [5, 5.41) is 2.64. The second-order valence-corrected chi connectivity index (χ2v) is 4.27. The van der Waals surface area contributed by atoms with Gasteiger partial charge < -0.3 is 15.8 Å². The Bertz CT molecular complexity index is 447. The highest BCUT2D eigenvalue weighted by molar-refractivity contribution is 5.95. The number of anilines is 1. The van der Waals surface area contributed by atoms with E-state index in [1.165, 1.54) is 7.11 Å². The van der Waals surface area contributed by atoms with Crippen LogP contribution in [-0.4, -0.2) is 25.7 Å². The minimum absolute atomic E-state index is 0.215. The fourth-order valence-corrected chi connectivity index (χ4v) is 1.75. The molecule has 0 radical (unpaired) electrons. The van der Waals surface area contributed by atoms with Gasteiger partial charge in [-0.15, -0.1) is 0 Å². The molecule has 0 heterocycles. The number of nitrogen functional groups attached to an aromatic ring is 1. The highest BCUT2D eigenvalue weighted by Crippen LogP contribution is 2.16. The van der Waals surface area contributed by atoms with Crippen molar-refractivity contribution in [2.75, 3.05) is 19.5 Å². The number of methoxy groups -OCH3 is 1. The predicted molar refractivity (Wildman–Crippen MR) is 68.8 cm³/mol. The van der Waals surface area contributed by atoms with Crippen molar-refractivity contribution in [1.82, 2.24) is 5.32 Å². The summed E-state index contributed by atoms with van der Waals surface area (Å²) in [4.78, 5) is 11.9. The van der Waals surface area contributed by atoms with Gasteiger partial charge in [-0.2, -0.15) is 0 Å². The summed E-state index contributed by atoms with van der Waals surface area (Å²) in [6.07, 6.45) is 1.56. The van der Waals surface area contributed by atoms with Crippen LogP contribution in [0.4, 0.5) is 14.5 Å². The third-order valence-corrected chi connectivity index (χ3v) is 2.67. The Balaban J connectivity index is 2.84. The second kappa shape index (κ2) is 7.04.